The van der Waals surface area contributed by atoms with E-state index in [2.05, 4.69) is 0 Å². The topological polar surface area (TPSA) is 97.5 Å². The summed E-state index contributed by atoms with van der Waals surface area (Å²) in [6.07, 6.45) is 1.97. The number of carbonyl (C=O) groups is 1. The van der Waals surface area contributed by atoms with Gasteiger partial charge >= 0.3 is 0 Å². The number of hydrogen-bond acceptors (Lipinski definition) is 3. The minimum Gasteiger partial charge on any atom is -0.366 e. The second kappa shape index (κ2) is 8.77. The molecule has 0 atom stereocenters. The van der Waals surface area contributed by atoms with Crippen LogP contribution in [-0.2, 0) is 23.0 Å². The second-order valence-corrected chi connectivity index (χ2v) is 8.58. The molecule has 1 amide bonds. The third-order valence-electron chi connectivity index (χ3n) is 5.06. The predicted molar refractivity (Wildman–Crippen MR) is 113 cm³/mol. The van der Waals surface area contributed by atoms with Crippen LogP contribution >= 0.6 is 0 Å². The summed E-state index contributed by atoms with van der Waals surface area (Å²) in [5.41, 5.74) is 10.1. The summed E-state index contributed by atoms with van der Waals surface area (Å²) >= 11 is 0. The van der Waals surface area contributed by atoms with E-state index in [0.717, 1.165) is 27.8 Å². The number of hydrogen-bond donors (Lipinski definition) is 2. The molecule has 30 heavy (non-hydrogen) atoms. The number of carbonyl (C=O) groups excluding carboxylic acids is 1. The van der Waals surface area contributed by atoms with Crippen molar-refractivity contribution in [2.75, 3.05) is 0 Å². The van der Waals surface area contributed by atoms with E-state index in [1.165, 1.54) is 24.3 Å². The number of aryl methyl sites for hydroxylation is 3. The molecule has 0 aliphatic rings. The van der Waals surface area contributed by atoms with E-state index in [0.29, 0.717) is 24.8 Å². The van der Waals surface area contributed by atoms with E-state index in [1.54, 1.807) is 30.3 Å². The van der Waals surface area contributed by atoms with Gasteiger partial charge < -0.3 is 5.73 Å². The van der Waals surface area contributed by atoms with Crippen molar-refractivity contribution in [3.8, 4) is 11.1 Å². The minimum atomic E-state index is -4.25. The maximum atomic E-state index is 13.3. The fourth-order valence-corrected chi connectivity index (χ4v) is 3.92. The normalized spacial score (nSPS) is 11.4. The zero-order valence-corrected chi connectivity index (χ0v) is 17.2. The largest absolute Gasteiger partial charge is 0.366 e. The van der Waals surface area contributed by atoms with E-state index in [1.807, 2.05) is 13.0 Å². The molecule has 156 valence electrons. The average Bonchev–Trinajstić information content (AvgIpc) is 2.69. The van der Waals surface area contributed by atoms with E-state index in [9.17, 15) is 22.2 Å². The Morgan fingerprint density at radius 2 is 1.63 bits per heavy atom. The van der Waals surface area contributed by atoms with Gasteiger partial charge in [0.15, 0.2) is 0 Å². The molecule has 0 radical (unpaired) electrons. The first kappa shape index (κ1) is 21.7. The summed E-state index contributed by atoms with van der Waals surface area (Å²) in [5, 5.41) is 0. The third kappa shape index (κ3) is 5.11. The molecule has 3 N–H and O–H groups in total. The van der Waals surface area contributed by atoms with E-state index in [4.69, 9.17) is 5.73 Å². The Balaban J connectivity index is 1.85. The monoisotopic (exact) mass is 427 g/mol. The molecule has 0 unspecified atom stereocenters. The van der Waals surface area contributed by atoms with Crippen molar-refractivity contribution in [2.24, 2.45) is 5.73 Å². The molecular formula is C23H22FNO4S. The molecule has 0 saturated heterocycles. The molecule has 0 saturated carbocycles. The quantitative estimate of drug-likeness (QED) is 0.549. The van der Waals surface area contributed by atoms with Crippen LogP contribution in [-0.4, -0.2) is 18.9 Å². The predicted octanol–water partition coefficient (Wildman–Crippen LogP) is 4.32. The van der Waals surface area contributed by atoms with Crippen LogP contribution in [0.4, 0.5) is 4.39 Å². The van der Waals surface area contributed by atoms with Crippen molar-refractivity contribution in [1.82, 2.24) is 0 Å². The molecule has 3 aromatic carbocycles. The number of benzene rings is 3. The zero-order valence-electron chi connectivity index (χ0n) is 16.4. The molecule has 0 heterocycles. The maximum absolute atomic E-state index is 13.3. The summed E-state index contributed by atoms with van der Waals surface area (Å²) in [6, 6.07) is 15.8. The summed E-state index contributed by atoms with van der Waals surface area (Å²) in [5.74, 6) is -0.886. The lowest BCUT2D eigenvalue weighted by atomic mass is 9.93. The summed E-state index contributed by atoms with van der Waals surface area (Å²) in [7, 11) is -4.25. The van der Waals surface area contributed by atoms with Crippen molar-refractivity contribution in [1.29, 1.82) is 0 Å². The lowest BCUT2D eigenvalue weighted by Gasteiger charge is -2.13. The van der Waals surface area contributed by atoms with Crippen LogP contribution in [0.2, 0.25) is 0 Å². The van der Waals surface area contributed by atoms with Gasteiger partial charge in [0.1, 0.15) is 5.82 Å². The van der Waals surface area contributed by atoms with Gasteiger partial charge in [-0.1, -0.05) is 24.3 Å². The first-order valence-electron chi connectivity index (χ1n) is 9.41. The van der Waals surface area contributed by atoms with Gasteiger partial charge in [-0.15, -0.1) is 0 Å². The molecular weight excluding hydrogens is 405 g/mol. The van der Waals surface area contributed by atoms with Crippen LogP contribution in [0.5, 0.6) is 0 Å². The van der Waals surface area contributed by atoms with Gasteiger partial charge in [-0.25, -0.2) is 4.39 Å². The number of primary amides is 1. The Morgan fingerprint density at radius 1 is 0.967 bits per heavy atom. The number of amides is 1. The fourth-order valence-electron chi connectivity index (χ4n) is 3.39. The maximum Gasteiger partial charge on any atom is 0.294 e. The Morgan fingerprint density at radius 3 is 2.27 bits per heavy atom. The van der Waals surface area contributed by atoms with E-state index >= 15 is 0 Å². The highest BCUT2D eigenvalue weighted by molar-refractivity contribution is 7.85. The molecule has 0 fully saturated rings. The zero-order chi connectivity index (χ0) is 21.9. The van der Waals surface area contributed by atoms with Crippen LogP contribution in [0.25, 0.3) is 11.1 Å². The fraction of sp³-hybridized carbons (Fsp3) is 0.174. The number of nitrogens with two attached hydrogens (primary N) is 1. The Bertz CT molecular complexity index is 1190. The van der Waals surface area contributed by atoms with E-state index < -0.39 is 16.0 Å². The van der Waals surface area contributed by atoms with Crippen molar-refractivity contribution in [3.05, 3.63) is 88.7 Å². The highest BCUT2D eigenvalue weighted by atomic mass is 32.2. The molecule has 0 aliphatic carbocycles. The summed E-state index contributed by atoms with van der Waals surface area (Å²) in [6.45, 7) is 1.88. The van der Waals surface area contributed by atoms with Crippen molar-refractivity contribution in [2.45, 2.75) is 31.1 Å². The van der Waals surface area contributed by atoms with Crippen LogP contribution in [0.1, 0.15) is 33.5 Å². The molecule has 0 bridgehead atoms. The molecule has 0 spiro atoms. The van der Waals surface area contributed by atoms with Crippen molar-refractivity contribution < 1.29 is 22.2 Å². The molecule has 7 heteroatoms. The van der Waals surface area contributed by atoms with Crippen LogP contribution in [0.15, 0.2) is 65.6 Å². The van der Waals surface area contributed by atoms with Crippen molar-refractivity contribution >= 4 is 16.0 Å². The van der Waals surface area contributed by atoms with Crippen LogP contribution in [0, 0.1) is 12.7 Å². The SMILES string of the molecule is Cc1ccc(S(=O)(=O)O)cc1CCCc1ccc(C(N)=O)cc1-c1ccc(F)cc1. The van der Waals surface area contributed by atoms with Gasteiger partial charge in [-0.05, 0) is 90.4 Å². The standard InChI is InChI=1S/C23H22FNO4S/c1-15-5-12-21(30(27,28)29)13-18(15)4-2-3-16-6-7-19(23(25)26)14-22(16)17-8-10-20(24)11-9-17/h5-14H,2-4H2,1H3,(H2,25,26)(H,27,28,29). The van der Waals surface area contributed by atoms with Crippen LogP contribution < -0.4 is 5.73 Å². The first-order chi connectivity index (χ1) is 14.1. The van der Waals surface area contributed by atoms with Gasteiger partial charge in [0.2, 0.25) is 5.91 Å². The lowest BCUT2D eigenvalue weighted by Crippen LogP contribution is -2.11. The van der Waals surface area contributed by atoms with Gasteiger partial charge in [-0.3, -0.25) is 9.35 Å². The Labute approximate surface area is 175 Å². The molecule has 5 nitrogen and oxygen atoms in total. The molecule has 0 aliphatic heterocycles. The smallest absolute Gasteiger partial charge is 0.294 e. The van der Waals surface area contributed by atoms with Gasteiger partial charge in [0, 0.05) is 5.56 Å². The Hall–Kier alpha value is -3.03. The van der Waals surface area contributed by atoms with Gasteiger partial charge in [-0.2, -0.15) is 8.42 Å². The lowest BCUT2D eigenvalue weighted by molar-refractivity contribution is 0.100. The minimum absolute atomic E-state index is 0.124. The molecule has 3 aromatic rings. The summed E-state index contributed by atoms with van der Waals surface area (Å²) in [4.78, 5) is 11.5. The number of rotatable bonds is 7. The van der Waals surface area contributed by atoms with Crippen molar-refractivity contribution in [3.63, 3.8) is 0 Å². The van der Waals surface area contributed by atoms with Crippen LogP contribution in [0.3, 0.4) is 0 Å². The Kier molecular flexibility index (Phi) is 6.34. The van der Waals surface area contributed by atoms with E-state index in [-0.39, 0.29) is 10.7 Å². The third-order valence-corrected chi connectivity index (χ3v) is 5.91. The van der Waals surface area contributed by atoms with Gasteiger partial charge in [0.05, 0.1) is 4.90 Å². The second-order valence-electron chi connectivity index (χ2n) is 7.16. The highest BCUT2D eigenvalue weighted by Gasteiger charge is 2.13. The molecule has 0 aromatic heterocycles. The summed E-state index contributed by atoms with van der Waals surface area (Å²) < 4.78 is 45.4. The number of halogens is 1. The van der Waals surface area contributed by atoms with Gasteiger partial charge in [0.25, 0.3) is 10.1 Å². The first-order valence-corrected chi connectivity index (χ1v) is 10.8. The average molecular weight is 427 g/mol. The highest BCUT2D eigenvalue weighted by Crippen LogP contribution is 2.27. The molecule has 3 rings (SSSR count).